The minimum atomic E-state index is -0.194. The number of benzene rings is 1. The Morgan fingerprint density at radius 2 is 1.81 bits per heavy atom. The maximum Gasteiger partial charge on any atom is 0.274 e. The van der Waals surface area contributed by atoms with E-state index in [0.717, 1.165) is 84.9 Å². The van der Waals surface area contributed by atoms with E-state index in [9.17, 15) is 4.79 Å². The van der Waals surface area contributed by atoms with Gasteiger partial charge < -0.3 is 15.1 Å². The summed E-state index contributed by atoms with van der Waals surface area (Å²) < 4.78 is 3.84. The number of pyridine rings is 2. The number of amides is 1. The summed E-state index contributed by atoms with van der Waals surface area (Å²) in [6.45, 7) is 14.1. The highest BCUT2D eigenvalue weighted by atomic mass is 16.2. The first-order valence-electron chi connectivity index (χ1n) is 15.1. The number of imidazole rings is 1. The normalized spacial score (nSPS) is 14.2. The van der Waals surface area contributed by atoms with E-state index in [0.29, 0.717) is 12.2 Å². The molecule has 1 aliphatic heterocycles. The molecule has 5 aromatic rings. The van der Waals surface area contributed by atoms with Gasteiger partial charge >= 0.3 is 0 Å². The molecule has 0 radical (unpaired) electrons. The fraction of sp³-hybridized carbons (Fsp3) is 0.394. The van der Waals surface area contributed by atoms with Gasteiger partial charge in [-0.3, -0.25) is 18.9 Å². The maximum atomic E-state index is 13.5. The number of anilines is 1. The minimum absolute atomic E-state index is 0.194. The molecule has 1 aliphatic rings. The zero-order valence-corrected chi connectivity index (χ0v) is 25.5. The molecule has 1 N–H and O–H groups in total. The highest BCUT2D eigenvalue weighted by molar-refractivity contribution is 6.08. The minimum Gasteiger partial charge on any atom is -0.320 e. The molecule has 0 bridgehead atoms. The molecule has 6 rings (SSSR count). The summed E-state index contributed by atoms with van der Waals surface area (Å²) in [6, 6.07) is 16.2. The summed E-state index contributed by atoms with van der Waals surface area (Å²) in [5.41, 5.74) is 7.13. The molecule has 4 aromatic heterocycles. The van der Waals surface area contributed by atoms with Gasteiger partial charge in [0.25, 0.3) is 5.91 Å². The van der Waals surface area contributed by atoms with Crippen molar-refractivity contribution in [3.63, 3.8) is 0 Å². The van der Waals surface area contributed by atoms with Crippen molar-refractivity contribution in [1.82, 2.24) is 33.9 Å². The number of likely N-dealkylation sites (N-methyl/N-ethyl adjacent to an activating group) is 1. The van der Waals surface area contributed by atoms with Gasteiger partial charge in [-0.25, -0.2) is 4.98 Å². The number of carbonyl (C=O) groups is 1. The van der Waals surface area contributed by atoms with E-state index < -0.39 is 0 Å². The fourth-order valence-electron chi connectivity index (χ4n) is 5.51. The van der Waals surface area contributed by atoms with E-state index in [1.54, 1.807) is 6.20 Å². The molecule has 0 atom stereocenters. The standard InChI is InChI=1S/C31H36N8O.C2H6/c1-4-25-30-26(9-6-10-27(30)39(35-25)21-24-8-5-7-22(2)33-24)34-31(40)28-20-32-29-19-23(12-14-38(28)29)11-13-37-17-15-36(3)16-18-37;1-2/h5-10,12,14,19-20H,4,11,13,15-18,21H2,1-3H3,(H,34,40);1-2H3. The largest absolute Gasteiger partial charge is 0.320 e. The van der Waals surface area contributed by atoms with E-state index in [1.807, 2.05) is 72.4 Å². The van der Waals surface area contributed by atoms with Crippen molar-refractivity contribution in [2.45, 2.75) is 47.1 Å². The average molecular weight is 567 g/mol. The third-order valence-electron chi connectivity index (χ3n) is 7.81. The summed E-state index contributed by atoms with van der Waals surface area (Å²) in [5.74, 6) is -0.194. The summed E-state index contributed by atoms with van der Waals surface area (Å²) in [5, 5.41) is 8.99. The second kappa shape index (κ2) is 13.3. The van der Waals surface area contributed by atoms with Crippen molar-refractivity contribution in [2.24, 2.45) is 0 Å². The Hall–Kier alpha value is -4.08. The molecule has 0 unspecified atom stereocenters. The van der Waals surface area contributed by atoms with Crippen LogP contribution >= 0.6 is 0 Å². The molecule has 9 heteroatoms. The Morgan fingerprint density at radius 3 is 2.57 bits per heavy atom. The number of fused-ring (bicyclic) bond motifs is 2. The van der Waals surface area contributed by atoms with Crippen molar-refractivity contribution < 1.29 is 4.79 Å². The van der Waals surface area contributed by atoms with Crippen LogP contribution in [0.3, 0.4) is 0 Å². The molecule has 0 saturated carbocycles. The predicted octanol–water partition coefficient (Wildman–Crippen LogP) is 5.07. The van der Waals surface area contributed by atoms with Crippen molar-refractivity contribution in [3.05, 3.63) is 89.3 Å². The number of nitrogens with one attached hydrogen (secondary N) is 1. The number of piperazine rings is 1. The summed E-state index contributed by atoms with van der Waals surface area (Å²) >= 11 is 0. The van der Waals surface area contributed by atoms with Gasteiger partial charge in [-0.2, -0.15) is 5.10 Å². The zero-order valence-electron chi connectivity index (χ0n) is 25.5. The van der Waals surface area contributed by atoms with Gasteiger partial charge in [0.05, 0.1) is 35.3 Å². The van der Waals surface area contributed by atoms with E-state index in [1.165, 1.54) is 5.56 Å². The Morgan fingerprint density at radius 1 is 1.02 bits per heavy atom. The van der Waals surface area contributed by atoms with Gasteiger partial charge in [-0.05, 0) is 68.8 Å². The van der Waals surface area contributed by atoms with Crippen LogP contribution in [0.5, 0.6) is 0 Å². The molecule has 9 nitrogen and oxygen atoms in total. The lowest BCUT2D eigenvalue weighted by atomic mass is 10.1. The molecule has 1 aromatic carbocycles. The van der Waals surface area contributed by atoms with Crippen LogP contribution in [0.25, 0.3) is 16.6 Å². The third kappa shape index (κ3) is 6.37. The number of aryl methyl sites for hydroxylation is 2. The number of rotatable bonds is 8. The number of nitrogens with zero attached hydrogens (tertiary/aromatic N) is 7. The smallest absolute Gasteiger partial charge is 0.274 e. The second-order valence-corrected chi connectivity index (χ2v) is 10.7. The van der Waals surface area contributed by atoms with Crippen LogP contribution in [0.15, 0.2) is 60.9 Å². The van der Waals surface area contributed by atoms with Crippen LogP contribution in [0, 0.1) is 6.92 Å². The Balaban J connectivity index is 0.00000173. The van der Waals surface area contributed by atoms with Crippen LogP contribution in [0.1, 0.15) is 53.9 Å². The van der Waals surface area contributed by atoms with Gasteiger partial charge in [0.1, 0.15) is 11.3 Å². The first-order chi connectivity index (χ1) is 20.5. The Bertz CT molecular complexity index is 1660. The summed E-state index contributed by atoms with van der Waals surface area (Å²) in [6.07, 6.45) is 5.34. The van der Waals surface area contributed by atoms with Crippen LogP contribution in [-0.4, -0.2) is 79.6 Å². The lowest BCUT2D eigenvalue weighted by Gasteiger charge is -2.32. The van der Waals surface area contributed by atoms with E-state index in [4.69, 9.17) is 5.10 Å². The van der Waals surface area contributed by atoms with E-state index in [2.05, 4.69) is 51.2 Å². The fourth-order valence-corrected chi connectivity index (χ4v) is 5.51. The summed E-state index contributed by atoms with van der Waals surface area (Å²) in [4.78, 5) is 27.6. The van der Waals surface area contributed by atoms with Gasteiger partial charge in [0, 0.05) is 50.0 Å². The Kier molecular flexibility index (Phi) is 9.29. The van der Waals surface area contributed by atoms with Gasteiger partial charge in [0.2, 0.25) is 0 Å². The quantitative estimate of drug-likeness (QED) is 0.283. The zero-order chi connectivity index (χ0) is 29.6. The topological polar surface area (TPSA) is 83.6 Å². The van der Waals surface area contributed by atoms with Gasteiger partial charge in [0.15, 0.2) is 0 Å². The van der Waals surface area contributed by atoms with Crippen LogP contribution in [-0.2, 0) is 19.4 Å². The molecule has 1 amide bonds. The molecular weight excluding hydrogens is 524 g/mol. The average Bonchev–Trinajstić information content (AvgIpc) is 3.60. The molecule has 0 spiro atoms. The molecule has 1 saturated heterocycles. The lowest BCUT2D eigenvalue weighted by Crippen LogP contribution is -2.45. The van der Waals surface area contributed by atoms with E-state index >= 15 is 0 Å². The van der Waals surface area contributed by atoms with Crippen LogP contribution in [0.2, 0.25) is 0 Å². The molecule has 1 fully saturated rings. The van der Waals surface area contributed by atoms with Crippen molar-refractivity contribution in [1.29, 1.82) is 0 Å². The molecule has 220 valence electrons. The van der Waals surface area contributed by atoms with Crippen LogP contribution in [0.4, 0.5) is 5.69 Å². The van der Waals surface area contributed by atoms with Crippen molar-refractivity contribution in [3.8, 4) is 0 Å². The Labute approximate surface area is 248 Å². The first kappa shape index (κ1) is 29.4. The van der Waals surface area contributed by atoms with Crippen molar-refractivity contribution in [2.75, 3.05) is 45.1 Å². The summed E-state index contributed by atoms with van der Waals surface area (Å²) in [7, 11) is 2.18. The number of carbonyl (C=O) groups excluding carboxylic acids is 1. The van der Waals surface area contributed by atoms with E-state index in [-0.39, 0.29) is 5.91 Å². The predicted molar refractivity (Wildman–Crippen MR) is 169 cm³/mol. The highest BCUT2D eigenvalue weighted by Crippen LogP contribution is 2.28. The van der Waals surface area contributed by atoms with Gasteiger partial charge in [-0.15, -0.1) is 0 Å². The monoisotopic (exact) mass is 566 g/mol. The third-order valence-corrected chi connectivity index (χ3v) is 7.81. The van der Waals surface area contributed by atoms with Crippen LogP contribution < -0.4 is 5.32 Å². The molecule has 42 heavy (non-hydrogen) atoms. The number of aromatic nitrogens is 5. The number of hydrogen-bond acceptors (Lipinski definition) is 6. The SMILES string of the molecule is CC.CCc1nn(Cc2cccc(C)n2)c2cccc(NC(=O)c3cnc4cc(CCN5CCN(C)CC5)ccn34)c12. The number of hydrogen-bond donors (Lipinski definition) is 1. The molecular formula is C33H42N8O. The first-order valence-corrected chi connectivity index (χ1v) is 15.1. The highest BCUT2D eigenvalue weighted by Gasteiger charge is 2.19. The van der Waals surface area contributed by atoms with Gasteiger partial charge in [-0.1, -0.05) is 32.9 Å². The lowest BCUT2D eigenvalue weighted by molar-refractivity contribution is 0.102. The molecule has 0 aliphatic carbocycles. The molecule has 5 heterocycles. The second-order valence-electron chi connectivity index (χ2n) is 10.7. The maximum absolute atomic E-state index is 13.5. The van der Waals surface area contributed by atoms with Crippen molar-refractivity contribution >= 4 is 28.1 Å².